The minimum Gasteiger partial charge on any atom is -0.493 e. The lowest BCUT2D eigenvalue weighted by atomic mass is 10.3. The first kappa shape index (κ1) is 13.9. The molecule has 8 heteroatoms. The van der Waals surface area contributed by atoms with Crippen molar-refractivity contribution in [2.24, 2.45) is 5.14 Å². The molecule has 0 heterocycles. The number of hydrogen-bond donors (Lipinski definition) is 2. The number of halogens is 1. The Morgan fingerprint density at radius 2 is 2.12 bits per heavy atom. The molecular weight excluding hydrogens is 314 g/mol. The molecule has 0 saturated carbocycles. The highest BCUT2D eigenvalue weighted by Crippen LogP contribution is 2.25. The molecule has 0 aliphatic carbocycles. The third kappa shape index (κ3) is 4.33. The highest BCUT2D eigenvalue weighted by Gasteiger charge is 2.13. The maximum absolute atomic E-state index is 11.1. The average molecular weight is 324 g/mol. The second-order valence-corrected chi connectivity index (χ2v) is 5.51. The van der Waals surface area contributed by atoms with Crippen molar-refractivity contribution in [3.05, 3.63) is 22.7 Å². The van der Waals surface area contributed by atoms with Crippen LogP contribution in [0.4, 0.5) is 0 Å². The fraction of sp³-hybridized carbons (Fsp3) is 0.222. The summed E-state index contributed by atoms with van der Waals surface area (Å²) in [5.41, 5.74) is 0. The van der Waals surface area contributed by atoms with Crippen LogP contribution in [0.3, 0.4) is 0 Å². The maximum atomic E-state index is 11.1. The Balaban J connectivity index is 2.79. The van der Waals surface area contributed by atoms with Crippen molar-refractivity contribution in [1.29, 1.82) is 0 Å². The van der Waals surface area contributed by atoms with Gasteiger partial charge >= 0.3 is 5.97 Å². The number of primary sulfonamides is 1. The van der Waals surface area contributed by atoms with Crippen LogP contribution in [-0.4, -0.2) is 26.1 Å². The van der Waals surface area contributed by atoms with Gasteiger partial charge in [-0.15, -0.1) is 0 Å². The Labute approximate surface area is 107 Å². The maximum Gasteiger partial charge on any atom is 0.306 e. The minimum absolute atomic E-state index is 0.0104. The molecular formula is C9H10BrNO5S. The lowest BCUT2D eigenvalue weighted by Crippen LogP contribution is -2.13. The van der Waals surface area contributed by atoms with Crippen molar-refractivity contribution in [1.82, 2.24) is 0 Å². The Kier molecular flexibility index (Phi) is 4.49. The lowest BCUT2D eigenvalue weighted by molar-refractivity contribution is -0.137. The van der Waals surface area contributed by atoms with Gasteiger partial charge in [0.1, 0.15) is 5.75 Å². The zero-order valence-corrected chi connectivity index (χ0v) is 11.0. The predicted molar refractivity (Wildman–Crippen MR) is 63.3 cm³/mol. The van der Waals surface area contributed by atoms with Gasteiger partial charge in [0.05, 0.1) is 17.9 Å². The van der Waals surface area contributed by atoms with E-state index in [4.69, 9.17) is 15.0 Å². The quantitative estimate of drug-likeness (QED) is 0.838. The number of nitrogens with two attached hydrogens (primary N) is 1. The molecule has 17 heavy (non-hydrogen) atoms. The van der Waals surface area contributed by atoms with Crippen LogP contribution >= 0.6 is 15.9 Å². The van der Waals surface area contributed by atoms with E-state index in [1.807, 2.05) is 0 Å². The van der Waals surface area contributed by atoms with Gasteiger partial charge in [0.25, 0.3) is 0 Å². The van der Waals surface area contributed by atoms with Crippen LogP contribution in [0, 0.1) is 0 Å². The van der Waals surface area contributed by atoms with Crippen molar-refractivity contribution >= 4 is 31.9 Å². The summed E-state index contributed by atoms with van der Waals surface area (Å²) in [4.78, 5) is 10.2. The van der Waals surface area contributed by atoms with Gasteiger partial charge in [-0.1, -0.05) is 0 Å². The first-order valence-electron chi connectivity index (χ1n) is 4.47. The van der Waals surface area contributed by atoms with Gasteiger partial charge in [-0.25, -0.2) is 13.6 Å². The Morgan fingerprint density at radius 1 is 1.47 bits per heavy atom. The second-order valence-electron chi connectivity index (χ2n) is 3.13. The number of hydrogen-bond acceptors (Lipinski definition) is 4. The van der Waals surface area contributed by atoms with Crippen LogP contribution in [0.2, 0.25) is 0 Å². The largest absolute Gasteiger partial charge is 0.493 e. The molecule has 0 atom stereocenters. The van der Waals surface area contributed by atoms with Crippen LogP contribution in [0.15, 0.2) is 27.6 Å². The van der Waals surface area contributed by atoms with Crippen molar-refractivity contribution in [3.63, 3.8) is 0 Å². The fourth-order valence-electron chi connectivity index (χ4n) is 1.06. The molecule has 0 aromatic heterocycles. The van der Waals surface area contributed by atoms with E-state index in [2.05, 4.69) is 15.9 Å². The molecule has 0 unspecified atom stereocenters. The molecule has 0 saturated heterocycles. The summed E-state index contributed by atoms with van der Waals surface area (Å²) in [6, 6.07) is 4.11. The molecule has 0 fully saturated rings. The van der Waals surface area contributed by atoms with E-state index >= 15 is 0 Å². The minimum atomic E-state index is -3.78. The van der Waals surface area contributed by atoms with Gasteiger partial charge in [0, 0.05) is 4.47 Å². The molecule has 0 spiro atoms. The van der Waals surface area contributed by atoms with Crippen molar-refractivity contribution in [2.45, 2.75) is 11.3 Å². The average Bonchev–Trinajstić information content (AvgIpc) is 2.14. The summed E-state index contributed by atoms with van der Waals surface area (Å²) < 4.78 is 27.6. The number of aliphatic carboxylic acids is 1. The Bertz CT molecular complexity index is 528. The van der Waals surface area contributed by atoms with Crippen LogP contribution in [0.25, 0.3) is 0 Å². The molecule has 94 valence electrons. The number of rotatable bonds is 5. The molecule has 1 aromatic rings. The summed E-state index contributed by atoms with van der Waals surface area (Å²) in [6.07, 6.45) is -0.130. The number of ether oxygens (including phenoxy) is 1. The monoisotopic (exact) mass is 323 g/mol. The molecule has 6 nitrogen and oxygen atoms in total. The van der Waals surface area contributed by atoms with E-state index in [1.165, 1.54) is 18.2 Å². The van der Waals surface area contributed by atoms with Crippen LogP contribution in [-0.2, 0) is 14.8 Å². The summed E-state index contributed by atoms with van der Waals surface area (Å²) in [5, 5.41) is 13.4. The molecule has 0 aliphatic heterocycles. The van der Waals surface area contributed by atoms with E-state index in [0.717, 1.165) is 0 Å². The van der Waals surface area contributed by atoms with E-state index in [1.54, 1.807) is 0 Å². The summed E-state index contributed by atoms with van der Waals surface area (Å²) in [5.74, 6) is -0.601. The van der Waals surface area contributed by atoms with Gasteiger partial charge in [0.15, 0.2) is 0 Å². The SMILES string of the molecule is NS(=O)(=O)c1ccc(OCCC(=O)O)cc1Br. The molecule has 0 amide bonds. The van der Waals surface area contributed by atoms with Gasteiger partial charge in [-0.05, 0) is 34.1 Å². The first-order chi connectivity index (χ1) is 7.80. The topological polar surface area (TPSA) is 107 Å². The zero-order chi connectivity index (χ0) is 13.1. The van der Waals surface area contributed by atoms with E-state index in [9.17, 15) is 13.2 Å². The van der Waals surface area contributed by atoms with Crippen LogP contribution in [0.1, 0.15) is 6.42 Å². The zero-order valence-electron chi connectivity index (χ0n) is 8.59. The molecule has 0 bridgehead atoms. The summed E-state index contributed by atoms with van der Waals surface area (Å²) in [7, 11) is -3.78. The van der Waals surface area contributed by atoms with Crippen LogP contribution < -0.4 is 9.88 Å². The normalized spacial score (nSPS) is 11.2. The van der Waals surface area contributed by atoms with Crippen molar-refractivity contribution in [2.75, 3.05) is 6.61 Å². The predicted octanol–water partition coefficient (Wildman–Crippen LogP) is 0.950. The van der Waals surface area contributed by atoms with Crippen molar-refractivity contribution < 1.29 is 23.1 Å². The number of sulfonamides is 1. The molecule has 3 N–H and O–H groups in total. The summed E-state index contributed by atoms with van der Waals surface area (Å²) >= 11 is 3.05. The van der Waals surface area contributed by atoms with E-state index in [-0.39, 0.29) is 22.4 Å². The lowest BCUT2D eigenvalue weighted by Gasteiger charge is -2.07. The number of carboxylic acid groups (broad SMARTS) is 1. The van der Waals surface area contributed by atoms with Crippen molar-refractivity contribution in [3.8, 4) is 5.75 Å². The third-order valence-corrected chi connectivity index (χ3v) is 3.68. The standard InChI is InChI=1S/C9H10BrNO5S/c10-7-5-6(16-4-3-9(12)13)1-2-8(7)17(11,14)15/h1-2,5H,3-4H2,(H,12,13)(H2,11,14,15). The van der Waals surface area contributed by atoms with Gasteiger partial charge in [-0.3, -0.25) is 4.79 Å². The molecule has 0 radical (unpaired) electrons. The van der Waals surface area contributed by atoms with E-state index in [0.29, 0.717) is 5.75 Å². The van der Waals surface area contributed by atoms with Gasteiger partial charge < -0.3 is 9.84 Å². The number of carbonyl (C=O) groups is 1. The smallest absolute Gasteiger partial charge is 0.306 e. The number of benzene rings is 1. The molecule has 1 aromatic carbocycles. The molecule has 0 aliphatic rings. The Hall–Kier alpha value is -1.12. The second kappa shape index (κ2) is 5.48. The first-order valence-corrected chi connectivity index (χ1v) is 6.81. The third-order valence-electron chi connectivity index (χ3n) is 1.79. The van der Waals surface area contributed by atoms with Crippen LogP contribution in [0.5, 0.6) is 5.75 Å². The highest BCUT2D eigenvalue weighted by atomic mass is 79.9. The molecule has 1 rings (SSSR count). The number of carboxylic acids is 1. The van der Waals surface area contributed by atoms with E-state index < -0.39 is 16.0 Å². The highest BCUT2D eigenvalue weighted by molar-refractivity contribution is 9.10. The summed E-state index contributed by atoms with van der Waals surface area (Å²) in [6.45, 7) is 0.0104. The Morgan fingerprint density at radius 3 is 2.59 bits per heavy atom. The van der Waals surface area contributed by atoms with Gasteiger partial charge in [-0.2, -0.15) is 0 Å². The van der Waals surface area contributed by atoms with Gasteiger partial charge in [0.2, 0.25) is 10.0 Å². The fourth-order valence-corrected chi connectivity index (χ4v) is 2.68.